The normalized spacial score (nSPS) is 11.9. The topological polar surface area (TPSA) is 63.8 Å². The monoisotopic (exact) mass is 378 g/mol. The Kier molecular flexibility index (Phi) is 4.42. The van der Waals surface area contributed by atoms with Gasteiger partial charge in [-0.1, -0.05) is 72.3 Å². The minimum Gasteiger partial charge on any atom is -0.389 e. The average Bonchev–Trinajstić information content (AvgIpc) is 3.01. The molecule has 2 aromatic carbocycles. The van der Waals surface area contributed by atoms with Crippen LogP contribution in [-0.4, -0.2) is 30.7 Å². The molecule has 0 aliphatic rings. The van der Waals surface area contributed by atoms with Gasteiger partial charge in [-0.15, -0.1) is 10.2 Å². The van der Waals surface area contributed by atoms with E-state index in [0.717, 1.165) is 22.2 Å². The largest absolute Gasteiger partial charge is 0.389 e. The molecule has 0 saturated carbocycles. The molecule has 6 heteroatoms. The summed E-state index contributed by atoms with van der Waals surface area (Å²) >= 11 is 6.80. The van der Waals surface area contributed by atoms with Gasteiger partial charge in [-0.25, -0.2) is 4.68 Å². The Balaban J connectivity index is 2.00. The van der Waals surface area contributed by atoms with Crippen molar-refractivity contribution < 1.29 is 5.11 Å². The molecule has 27 heavy (non-hydrogen) atoms. The van der Waals surface area contributed by atoms with Crippen molar-refractivity contribution in [2.24, 2.45) is 0 Å². The van der Waals surface area contributed by atoms with Gasteiger partial charge in [0.25, 0.3) is 0 Å². The first-order valence-corrected chi connectivity index (χ1v) is 9.08. The van der Waals surface area contributed by atoms with Crippen LogP contribution in [0.5, 0.6) is 0 Å². The van der Waals surface area contributed by atoms with Gasteiger partial charge in [0.2, 0.25) is 0 Å². The minimum atomic E-state index is -0.945. The molecule has 0 radical (unpaired) electrons. The van der Waals surface area contributed by atoms with Crippen LogP contribution in [0.1, 0.15) is 13.8 Å². The number of rotatable bonds is 4. The van der Waals surface area contributed by atoms with Crippen LogP contribution in [0.15, 0.2) is 60.7 Å². The molecule has 0 bridgehead atoms. The Labute approximate surface area is 162 Å². The van der Waals surface area contributed by atoms with E-state index >= 15 is 0 Å². The molecular weight excluding hydrogens is 360 g/mol. The number of hydrogen-bond donors (Lipinski definition) is 1. The molecule has 0 atom stereocenters. The lowest BCUT2D eigenvalue weighted by molar-refractivity contribution is 0.0590. The summed E-state index contributed by atoms with van der Waals surface area (Å²) in [7, 11) is 0. The fraction of sp³-hybridized carbons (Fsp3) is 0.190. The Bertz CT molecular complexity index is 1090. The summed E-state index contributed by atoms with van der Waals surface area (Å²) in [6.07, 6.45) is 0. The van der Waals surface area contributed by atoms with Crippen LogP contribution in [0.2, 0.25) is 5.02 Å². The molecule has 0 aliphatic carbocycles. The molecule has 4 aromatic rings. The van der Waals surface area contributed by atoms with Crippen LogP contribution in [0.3, 0.4) is 0 Å². The van der Waals surface area contributed by atoms with Crippen LogP contribution in [0, 0.1) is 0 Å². The predicted octanol–water partition coefficient (Wildman–Crippen LogP) is 4.58. The van der Waals surface area contributed by atoms with Gasteiger partial charge in [0, 0.05) is 11.1 Å². The summed E-state index contributed by atoms with van der Waals surface area (Å²) in [6.45, 7) is 3.75. The zero-order valence-electron chi connectivity index (χ0n) is 15.1. The molecule has 0 aliphatic heterocycles. The second-order valence-electron chi connectivity index (χ2n) is 7.11. The van der Waals surface area contributed by atoms with Crippen LogP contribution in [0.25, 0.3) is 33.5 Å². The van der Waals surface area contributed by atoms with Crippen molar-refractivity contribution in [3.05, 3.63) is 65.7 Å². The number of benzene rings is 2. The van der Waals surface area contributed by atoms with Gasteiger partial charge >= 0.3 is 0 Å². The lowest BCUT2D eigenvalue weighted by Gasteiger charge is -2.16. The molecule has 2 aromatic heterocycles. The summed E-state index contributed by atoms with van der Waals surface area (Å²) in [5.41, 5.74) is 2.79. The van der Waals surface area contributed by atoms with Gasteiger partial charge in [0.05, 0.1) is 22.6 Å². The van der Waals surface area contributed by atoms with Crippen molar-refractivity contribution in [1.82, 2.24) is 20.0 Å². The highest BCUT2D eigenvalue weighted by Gasteiger charge is 2.23. The molecule has 4 rings (SSSR count). The third-order valence-electron chi connectivity index (χ3n) is 4.23. The molecule has 5 nitrogen and oxygen atoms in total. The standard InChI is InChI=1S/C21H19ClN4O/c1-21(2,27)13-26-20-16(18(25-26)14-9-5-3-6-10-14)17(22)19(23-24-20)15-11-7-4-8-12-15/h3-12,27H,13H2,1-2H3. The Morgan fingerprint density at radius 1 is 0.889 bits per heavy atom. The maximum Gasteiger partial charge on any atom is 0.182 e. The SMILES string of the molecule is CC(C)(O)Cn1nc(-c2ccccc2)c2c(Cl)c(-c3ccccc3)nnc21. The number of halogens is 1. The molecular formula is C21H19ClN4O. The Morgan fingerprint density at radius 2 is 1.44 bits per heavy atom. The van der Waals surface area contributed by atoms with Gasteiger partial charge in [-0.05, 0) is 13.8 Å². The summed E-state index contributed by atoms with van der Waals surface area (Å²) in [5.74, 6) is 0. The van der Waals surface area contributed by atoms with E-state index in [0.29, 0.717) is 16.4 Å². The fourth-order valence-corrected chi connectivity index (χ4v) is 3.39. The summed E-state index contributed by atoms with van der Waals surface area (Å²) in [4.78, 5) is 0. The van der Waals surface area contributed by atoms with E-state index in [9.17, 15) is 5.11 Å². The van der Waals surface area contributed by atoms with Crippen LogP contribution < -0.4 is 0 Å². The van der Waals surface area contributed by atoms with Gasteiger partial charge in [-0.3, -0.25) is 0 Å². The first-order valence-electron chi connectivity index (χ1n) is 8.70. The third kappa shape index (κ3) is 3.44. The number of fused-ring (bicyclic) bond motifs is 1. The molecule has 2 heterocycles. The third-order valence-corrected chi connectivity index (χ3v) is 4.60. The van der Waals surface area contributed by atoms with Crippen LogP contribution >= 0.6 is 11.6 Å². The molecule has 0 fully saturated rings. The van der Waals surface area contributed by atoms with E-state index in [1.807, 2.05) is 60.7 Å². The smallest absolute Gasteiger partial charge is 0.182 e. The minimum absolute atomic E-state index is 0.284. The highest BCUT2D eigenvalue weighted by molar-refractivity contribution is 6.38. The van der Waals surface area contributed by atoms with E-state index in [-0.39, 0.29) is 6.54 Å². The zero-order chi connectivity index (χ0) is 19.0. The average molecular weight is 379 g/mol. The highest BCUT2D eigenvalue weighted by Crippen LogP contribution is 2.37. The van der Waals surface area contributed by atoms with Gasteiger partial charge in [-0.2, -0.15) is 5.10 Å². The lowest BCUT2D eigenvalue weighted by Crippen LogP contribution is -2.26. The van der Waals surface area contributed by atoms with Crippen molar-refractivity contribution in [2.45, 2.75) is 26.0 Å². The molecule has 1 N–H and O–H groups in total. The van der Waals surface area contributed by atoms with Crippen molar-refractivity contribution in [3.8, 4) is 22.5 Å². The number of aliphatic hydroxyl groups is 1. The van der Waals surface area contributed by atoms with Gasteiger partial charge < -0.3 is 5.11 Å². The molecule has 0 spiro atoms. The second kappa shape index (κ2) is 6.76. The second-order valence-corrected chi connectivity index (χ2v) is 7.49. The Hall–Kier alpha value is -2.76. The Morgan fingerprint density at radius 3 is 2.00 bits per heavy atom. The van der Waals surface area contributed by atoms with Crippen LogP contribution in [-0.2, 0) is 6.54 Å². The maximum atomic E-state index is 10.3. The van der Waals surface area contributed by atoms with E-state index in [1.54, 1.807) is 18.5 Å². The number of nitrogens with zero attached hydrogens (tertiary/aromatic N) is 4. The lowest BCUT2D eigenvalue weighted by atomic mass is 10.1. The van der Waals surface area contributed by atoms with E-state index in [2.05, 4.69) is 10.2 Å². The van der Waals surface area contributed by atoms with Gasteiger partial charge in [0.15, 0.2) is 5.65 Å². The first-order chi connectivity index (χ1) is 12.9. The zero-order valence-corrected chi connectivity index (χ0v) is 15.9. The predicted molar refractivity (Wildman–Crippen MR) is 108 cm³/mol. The molecule has 0 unspecified atom stereocenters. The molecule has 0 saturated heterocycles. The van der Waals surface area contributed by atoms with Crippen molar-refractivity contribution in [1.29, 1.82) is 0 Å². The molecule has 136 valence electrons. The van der Waals surface area contributed by atoms with E-state index in [1.165, 1.54) is 0 Å². The number of hydrogen-bond acceptors (Lipinski definition) is 4. The van der Waals surface area contributed by atoms with Gasteiger partial charge in [0.1, 0.15) is 11.4 Å². The van der Waals surface area contributed by atoms with Crippen molar-refractivity contribution in [3.63, 3.8) is 0 Å². The van der Waals surface area contributed by atoms with Crippen molar-refractivity contribution >= 4 is 22.6 Å². The summed E-state index contributed by atoms with van der Waals surface area (Å²) in [5, 5.41) is 25.0. The van der Waals surface area contributed by atoms with E-state index < -0.39 is 5.60 Å². The quantitative estimate of drug-likeness (QED) is 0.564. The maximum absolute atomic E-state index is 10.3. The highest BCUT2D eigenvalue weighted by atomic mass is 35.5. The molecule has 0 amide bonds. The summed E-state index contributed by atoms with van der Waals surface area (Å²) in [6, 6.07) is 19.5. The number of aromatic nitrogens is 4. The fourth-order valence-electron chi connectivity index (χ4n) is 3.07. The summed E-state index contributed by atoms with van der Waals surface area (Å²) < 4.78 is 1.67. The van der Waals surface area contributed by atoms with Crippen molar-refractivity contribution in [2.75, 3.05) is 0 Å². The van der Waals surface area contributed by atoms with Crippen LogP contribution in [0.4, 0.5) is 0 Å². The van der Waals surface area contributed by atoms with E-state index in [4.69, 9.17) is 16.7 Å². The first kappa shape index (κ1) is 17.6.